The summed E-state index contributed by atoms with van der Waals surface area (Å²) in [7, 11) is 0. The molecule has 0 aliphatic carbocycles. The van der Waals surface area contributed by atoms with Gasteiger partial charge in [0, 0.05) is 10.8 Å². The van der Waals surface area contributed by atoms with Gasteiger partial charge < -0.3 is 10.2 Å². The van der Waals surface area contributed by atoms with Crippen LogP contribution in [0, 0.1) is 0 Å². The van der Waals surface area contributed by atoms with Gasteiger partial charge in [0.1, 0.15) is 11.4 Å². The highest BCUT2D eigenvalue weighted by Gasteiger charge is 2.15. The van der Waals surface area contributed by atoms with E-state index in [1.165, 1.54) is 0 Å². The number of benzene rings is 4. The summed E-state index contributed by atoms with van der Waals surface area (Å²) in [6.45, 7) is 0. The van der Waals surface area contributed by atoms with Crippen molar-refractivity contribution in [3.05, 3.63) is 66.7 Å². The molecule has 28 heavy (non-hydrogen) atoms. The van der Waals surface area contributed by atoms with Crippen LogP contribution in [-0.2, 0) is 9.37 Å². The molecule has 0 radical (unpaired) electrons. The number of hydrogen-bond acceptors (Lipinski definition) is 8. The largest absolute Gasteiger partial charge is 0.505 e. The predicted molar refractivity (Wildman–Crippen MR) is 106 cm³/mol. The highest BCUT2D eigenvalue weighted by atomic mass is 32.2. The molecule has 0 amide bonds. The molecule has 8 heteroatoms. The minimum Gasteiger partial charge on any atom is -0.505 e. The monoisotopic (exact) mass is 394 g/mol. The average molecular weight is 394 g/mol. The third-order valence-electron chi connectivity index (χ3n) is 4.25. The van der Waals surface area contributed by atoms with E-state index in [1.807, 2.05) is 36.4 Å². The number of nitrogens with zero attached hydrogens (tertiary/aromatic N) is 2. The van der Waals surface area contributed by atoms with E-state index in [-0.39, 0.29) is 22.9 Å². The number of aromatic hydroxyl groups is 2. The van der Waals surface area contributed by atoms with Gasteiger partial charge in [-0.1, -0.05) is 59.6 Å². The molecule has 0 aliphatic rings. The summed E-state index contributed by atoms with van der Waals surface area (Å²) in [4.78, 5) is 0.370. The summed E-state index contributed by atoms with van der Waals surface area (Å²) in [6, 6.07) is 19.7. The Morgan fingerprint density at radius 3 is 2.18 bits per heavy atom. The molecule has 0 aromatic heterocycles. The molecule has 0 unspecified atom stereocenters. The molecular formula is C20H14N2O5S. The molecule has 0 fully saturated rings. The lowest BCUT2D eigenvalue weighted by molar-refractivity contribution is -0.432. The Labute approximate surface area is 163 Å². The fourth-order valence-corrected chi connectivity index (χ4v) is 3.43. The molecule has 7 nitrogen and oxygen atoms in total. The standard InChI is InChI=1S/C20H14N2O5S/c23-19-14-7-3-1-5-12(14)9-10-16(19)21-22-18-17(28-27-26-25)11-13-6-2-4-8-15(13)20(18)24/h1-11,23-25H. The van der Waals surface area contributed by atoms with Gasteiger partial charge in [0.25, 0.3) is 0 Å². The van der Waals surface area contributed by atoms with Crippen LogP contribution in [-0.4, -0.2) is 15.5 Å². The smallest absolute Gasteiger partial charge is 0.152 e. The van der Waals surface area contributed by atoms with Crippen molar-refractivity contribution in [1.29, 1.82) is 0 Å². The second-order valence-electron chi connectivity index (χ2n) is 5.87. The topological polar surface area (TPSA) is 104 Å². The number of rotatable bonds is 5. The lowest BCUT2D eigenvalue weighted by atomic mass is 10.1. The zero-order chi connectivity index (χ0) is 19.5. The van der Waals surface area contributed by atoms with Gasteiger partial charge in [0.15, 0.2) is 11.5 Å². The molecule has 0 aliphatic heterocycles. The highest BCUT2D eigenvalue weighted by Crippen LogP contribution is 2.44. The predicted octanol–water partition coefficient (Wildman–Crippen LogP) is 6.25. The van der Waals surface area contributed by atoms with Gasteiger partial charge in [-0.25, -0.2) is 5.26 Å². The third-order valence-corrected chi connectivity index (χ3v) is 4.87. The molecule has 4 rings (SSSR count). The summed E-state index contributed by atoms with van der Waals surface area (Å²) in [5.74, 6) is -0.113. The molecule has 0 bridgehead atoms. The van der Waals surface area contributed by atoms with Gasteiger partial charge in [0.2, 0.25) is 0 Å². The van der Waals surface area contributed by atoms with Crippen molar-refractivity contribution in [3.8, 4) is 11.5 Å². The van der Waals surface area contributed by atoms with Crippen LogP contribution < -0.4 is 0 Å². The number of fused-ring (bicyclic) bond motifs is 2. The van der Waals surface area contributed by atoms with Crippen LogP contribution in [0.2, 0.25) is 0 Å². The molecule has 4 aromatic rings. The van der Waals surface area contributed by atoms with E-state index in [4.69, 9.17) is 5.26 Å². The summed E-state index contributed by atoms with van der Waals surface area (Å²) in [6.07, 6.45) is 0. The molecule has 0 spiro atoms. The van der Waals surface area contributed by atoms with E-state index in [0.717, 1.165) is 10.8 Å². The minimum atomic E-state index is -0.105. The number of phenols is 2. The van der Waals surface area contributed by atoms with E-state index in [0.29, 0.717) is 27.7 Å². The first-order valence-corrected chi connectivity index (χ1v) is 8.95. The SMILES string of the molecule is OOOSc1cc2ccccc2c(O)c1N=Nc1ccc2ccccc2c1O. The first kappa shape index (κ1) is 18.2. The van der Waals surface area contributed by atoms with Crippen molar-refractivity contribution in [1.82, 2.24) is 0 Å². The van der Waals surface area contributed by atoms with Crippen molar-refractivity contribution < 1.29 is 24.8 Å². The van der Waals surface area contributed by atoms with Gasteiger partial charge in [-0.05, 0) is 22.9 Å². The number of hydrogen-bond donors (Lipinski definition) is 3. The summed E-state index contributed by atoms with van der Waals surface area (Å²) >= 11 is 0.669. The van der Waals surface area contributed by atoms with Gasteiger partial charge in [-0.3, -0.25) is 0 Å². The summed E-state index contributed by atoms with van der Waals surface area (Å²) < 4.78 is 4.51. The van der Waals surface area contributed by atoms with Crippen LogP contribution in [0.15, 0.2) is 81.9 Å². The van der Waals surface area contributed by atoms with E-state index in [1.54, 1.807) is 30.3 Å². The second kappa shape index (κ2) is 7.83. The summed E-state index contributed by atoms with van der Waals surface area (Å²) in [5.41, 5.74) is 0.370. The normalized spacial score (nSPS) is 11.6. The average Bonchev–Trinajstić information content (AvgIpc) is 2.73. The first-order chi connectivity index (χ1) is 13.7. The van der Waals surface area contributed by atoms with E-state index >= 15 is 0 Å². The van der Waals surface area contributed by atoms with Crippen molar-refractivity contribution in [3.63, 3.8) is 0 Å². The lowest BCUT2D eigenvalue weighted by Crippen LogP contribution is -1.83. The fourth-order valence-electron chi connectivity index (χ4n) is 2.93. The van der Waals surface area contributed by atoms with Crippen LogP contribution >= 0.6 is 12.0 Å². The van der Waals surface area contributed by atoms with Crippen LogP contribution in [0.5, 0.6) is 11.5 Å². The zero-order valence-corrected chi connectivity index (χ0v) is 15.1. The highest BCUT2D eigenvalue weighted by molar-refractivity contribution is 7.94. The fraction of sp³-hybridized carbons (Fsp3) is 0. The Morgan fingerprint density at radius 1 is 0.750 bits per heavy atom. The van der Waals surface area contributed by atoms with Crippen molar-refractivity contribution in [2.75, 3.05) is 0 Å². The second-order valence-corrected chi connectivity index (χ2v) is 6.62. The van der Waals surface area contributed by atoms with Crippen LogP contribution in [0.25, 0.3) is 21.5 Å². The molecule has 0 saturated heterocycles. The minimum absolute atomic E-state index is 0.00808. The summed E-state index contributed by atoms with van der Waals surface area (Å²) in [5, 5.41) is 44.3. The van der Waals surface area contributed by atoms with Crippen molar-refractivity contribution >= 4 is 45.0 Å². The maximum absolute atomic E-state index is 10.7. The van der Waals surface area contributed by atoms with E-state index < -0.39 is 0 Å². The Morgan fingerprint density at radius 2 is 1.43 bits per heavy atom. The molecule has 140 valence electrons. The third kappa shape index (κ3) is 3.37. The van der Waals surface area contributed by atoms with Crippen LogP contribution in [0.4, 0.5) is 11.4 Å². The molecule has 0 heterocycles. The van der Waals surface area contributed by atoms with Crippen LogP contribution in [0.3, 0.4) is 0 Å². The van der Waals surface area contributed by atoms with Crippen LogP contribution in [0.1, 0.15) is 0 Å². The maximum Gasteiger partial charge on any atom is 0.152 e. The Kier molecular flexibility index (Phi) is 5.09. The first-order valence-electron chi connectivity index (χ1n) is 8.21. The number of azo groups is 1. The molecular weight excluding hydrogens is 380 g/mol. The van der Waals surface area contributed by atoms with Gasteiger partial charge in [-0.15, -0.1) is 14.6 Å². The lowest BCUT2D eigenvalue weighted by Gasteiger charge is -2.09. The zero-order valence-electron chi connectivity index (χ0n) is 14.3. The number of phenolic OH excluding ortho intramolecular Hbond substituents is 2. The van der Waals surface area contributed by atoms with Gasteiger partial charge in [-0.2, -0.15) is 0 Å². The Bertz CT molecular complexity index is 1200. The van der Waals surface area contributed by atoms with E-state index in [9.17, 15) is 10.2 Å². The molecule has 4 aromatic carbocycles. The van der Waals surface area contributed by atoms with E-state index in [2.05, 4.69) is 19.6 Å². The molecule has 0 atom stereocenters. The Balaban J connectivity index is 1.82. The quantitative estimate of drug-likeness (QED) is 0.160. The van der Waals surface area contributed by atoms with Gasteiger partial charge in [0.05, 0.1) is 16.9 Å². The van der Waals surface area contributed by atoms with Crippen molar-refractivity contribution in [2.24, 2.45) is 10.2 Å². The maximum atomic E-state index is 10.7. The Hall–Kier alpha value is -3.17. The van der Waals surface area contributed by atoms with Gasteiger partial charge >= 0.3 is 0 Å². The molecule has 0 saturated carbocycles. The molecule has 3 N–H and O–H groups in total. The van der Waals surface area contributed by atoms with Crippen molar-refractivity contribution in [2.45, 2.75) is 4.90 Å².